The minimum absolute atomic E-state index is 0.180. The van der Waals surface area contributed by atoms with Crippen LogP contribution in [0, 0.1) is 11.3 Å². The number of nitriles is 1. The van der Waals surface area contributed by atoms with E-state index in [1.807, 2.05) is 48.8 Å². The maximum absolute atomic E-state index is 12.5. The van der Waals surface area contributed by atoms with E-state index in [0.29, 0.717) is 18.7 Å². The predicted octanol–water partition coefficient (Wildman–Crippen LogP) is 3.67. The van der Waals surface area contributed by atoms with Gasteiger partial charge in [-0.3, -0.25) is 14.9 Å². The molecule has 0 spiro atoms. The summed E-state index contributed by atoms with van der Waals surface area (Å²) in [6, 6.07) is 16.9. The SMILES string of the molecule is N#Cc1ccc(C(C(c2cccnc2)c2cccnc2)N2CCOC2=O)cc1. The number of carbonyl (C=O) groups is 1. The average molecular weight is 370 g/mol. The molecule has 6 nitrogen and oxygen atoms in total. The molecule has 138 valence electrons. The normalized spacial score (nSPS) is 14.6. The van der Waals surface area contributed by atoms with Gasteiger partial charge in [0.05, 0.1) is 24.2 Å². The lowest BCUT2D eigenvalue weighted by Gasteiger charge is -2.34. The number of ether oxygens (including phenoxy) is 1. The van der Waals surface area contributed by atoms with Crippen molar-refractivity contribution in [3.63, 3.8) is 0 Å². The molecular formula is C22H18N4O2. The van der Waals surface area contributed by atoms with Crippen molar-refractivity contribution >= 4 is 6.09 Å². The van der Waals surface area contributed by atoms with Crippen LogP contribution in [0.2, 0.25) is 0 Å². The highest BCUT2D eigenvalue weighted by molar-refractivity contribution is 5.70. The molecule has 1 saturated heterocycles. The minimum atomic E-state index is -0.341. The molecule has 0 radical (unpaired) electrons. The quantitative estimate of drug-likeness (QED) is 0.685. The fourth-order valence-electron chi connectivity index (χ4n) is 3.64. The van der Waals surface area contributed by atoms with Crippen LogP contribution >= 0.6 is 0 Å². The Kier molecular flexibility index (Phi) is 4.98. The van der Waals surface area contributed by atoms with E-state index >= 15 is 0 Å². The Balaban J connectivity index is 1.88. The summed E-state index contributed by atoms with van der Waals surface area (Å²) in [6.45, 7) is 0.860. The maximum atomic E-state index is 12.5. The number of carbonyl (C=O) groups excluding carboxylic acids is 1. The average Bonchev–Trinajstić information content (AvgIpc) is 3.18. The summed E-state index contributed by atoms with van der Waals surface area (Å²) < 4.78 is 5.24. The number of hydrogen-bond acceptors (Lipinski definition) is 5. The second kappa shape index (κ2) is 7.89. The molecule has 1 aromatic carbocycles. The van der Waals surface area contributed by atoms with E-state index in [0.717, 1.165) is 16.7 Å². The van der Waals surface area contributed by atoms with Crippen LogP contribution in [0.15, 0.2) is 73.3 Å². The highest BCUT2D eigenvalue weighted by Crippen LogP contribution is 2.41. The van der Waals surface area contributed by atoms with Crippen molar-refractivity contribution < 1.29 is 9.53 Å². The van der Waals surface area contributed by atoms with Crippen LogP contribution in [-0.2, 0) is 4.74 Å². The van der Waals surface area contributed by atoms with Gasteiger partial charge >= 0.3 is 6.09 Å². The Hall–Kier alpha value is -3.72. The van der Waals surface area contributed by atoms with E-state index in [1.54, 1.807) is 29.4 Å². The first kappa shape index (κ1) is 17.7. The van der Waals surface area contributed by atoms with E-state index in [1.165, 1.54) is 0 Å². The van der Waals surface area contributed by atoms with Crippen molar-refractivity contribution in [2.45, 2.75) is 12.0 Å². The highest BCUT2D eigenvalue weighted by atomic mass is 16.6. The van der Waals surface area contributed by atoms with Gasteiger partial charge in [0.1, 0.15) is 6.61 Å². The molecule has 3 aromatic rings. The largest absolute Gasteiger partial charge is 0.448 e. The van der Waals surface area contributed by atoms with E-state index in [4.69, 9.17) is 10.00 Å². The topological polar surface area (TPSA) is 79.1 Å². The smallest absolute Gasteiger partial charge is 0.410 e. The standard InChI is InChI=1S/C22H18N4O2/c23-13-16-5-7-17(8-6-16)21(26-11-12-28-22(26)27)20(18-3-1-9-24-14-18)19-4-2-10-25-15-19/h1-10,14-15,20-21H,11-12H2. The van der Waals surface area contributed by atoms with Gasteiger partial charge in [0.25, 0.3) is 0 Å². The molecule has 4 rings (SSSR count). The Morgan fingerprint density at radius 2 is 1.61 bits per heavy atom. The third-order valence-corrected chi connectivity index (χ3v) is 4.91. The molecule has 1 atom stereocenters. The van der Waals surface area contributed by atoms with Gasteiger partial charge in [0, 0.05) is 30.7 Å². The molecular weight excluding hydrogens is 352 g/mol. The zero-order valence-electron chi connectivity index (χ0n) is 15.1. The molecule has 0 aliphatic carbocycles. The third-order valence-electron chi connectivity index (χ3n) is 4.91. The molecule has 28 heavy (non-hydrogen) atoms. The van der Waals surface area contributed by atoms with E-state index in [9.17, 15) is 4.79 Å². The molecule has 0 saturated carbocycles. The van der Waals surface area contributed by atoms with Crippen LogP contribution < -0.4 is 0 Å². The summed E-state index contributed by atoms with van der Waals surface area (Å²) >= 11 is 0. The van der Waals surface area contributed by atoms with Gasteiger partial charge in [0.2, 0.25) is 0 Å². The molecule has 1 amide bonds. The molecule has 3 heterocycles. The van der Waals surface area contributed by atoms with Crippen molar-refractivity contribution in [3.05, 3.63) is 95.6 Å². The van der Waals surface area contributed by atoms with Crippen molar-refractivity contribution in [2.24, 2.45) is 0 Å². The van der Waals surface area contributed by atoms with Crippen LogP contribution in [0.25, 0.3) is 0 Å². The Bertz CT molecular complexity index is 945. The van der Waals surface area contributed by atoms with Crippen LogP contribution in [-0.4, -0.2) is 34.1 Å². The molecule has 0 N–H and O–H groups in total. The Labute approximate surface area is 163 Å². The summed E-state index contributed by atoms with van der Waals surface area (Å²) in [4.78, 5) is 22.8. The van der Waals surface area contributed by atoms with Crippen LogP contribution in [0.3, 0.4) is 0 Å². The molecule has 1 fully saturated rings. The molecule has 2 aromatic heterocycles. The highest BCUT2D eigenvalue weighted by Gasteiger charge is 2.38. The summed E-state index contributed by atoms with van der Waals surface area (Å²) in [5, 5.41) is 9.13. The third kappa shape index (κ3) is 3.42. The zero-order valence-corrected chi connectivity index (χ0v) is 15.1. The van der Waals surface area contributed by atoms with Crippen molar-refractivity contribution in [1.82, 2.24) is 14.9 Å². The summed E-state index contributed by atoms with van der Waals surface area (Å²) in [5.74, 6) is -0.180. The first-order valence-corrected chi connectivity index (χ1v) is 9.01. The fraction of sp³-hybridized carbons (Fsp3) is 0.182. The van der Waals surface area contributed by atoms with Crippen molar-refractivity contribution in [3.8, 4) is 6.07 Å². The summed E-state index contributed by atoms with van der Waals surface area (Å²) in [5.41, 5.74) is 3.45. The number of aromatic nitrogens is 2. The lowest BCUT2D eigenvalue weighted by Crippen LogP contribution is -2.34. The van der Waals surface area contributed by atoms with Gasteiger partial charge in [-0.2, -0.15) is 5.26 Å². The fourth-order valence-corrected chi connectivity index (χ4v) is 3.64. The van der Waals surface area contributed by atoms with Gasteiger partial charge in [-0.15, -0.1) is 0 Å². The number of hydrogen-bond donors (Lipinski definition) is 0. The lowest BCUT2D eigenvalue weighted by molar-refractivity contribution is 0.144. The number of pyridine rings is 2. The second-order valence-electron chi connectivity index (χ2n) is 6.54. The van der Waals surface area contributed by atoms with Gasteiger partial charge in [-0.25, -0.2) is 4.79 Å². The minimum Gasteiger partial charge on any atom is -0.448 e. The predicted molar refractivity (Wildman–Crippen MR) is 102 cm³/mol. The number of amides is 1. The van der Waals surface area contributed by atoms with Crippen LogP contribution in [0.5, 0.6) is 0 Å². The summed E-state index contributed by atoms with van der Waals surface area (Å²) in [6.07, 6.45) is 6.74. The van der Waals surface area contributed by atoms with Crippen molar-refractivity contribution in [2.75, 3.05) is 13.2 Å². The zero-order chi connectivity index (χ0) is 19.3. The molecule has 1 aliphatic rings. The molecule has 0 bridgehead atoms. The number of nitrogens with zero attached hydrogens (tertiary/aromatic N) is 4. The van der Waals surface area contributed by atoms with E-state index < -0.39 is 0 Å². The second-order valence-corrected chi connectivity index (χ2v) is 6.54. The summed E-state index contributed by atoms with van der Waals surface area (Å²) in [7, 11) is 0. The number of cyclic esters (lactones) is 1. The van der Waals surface area contributed by atoms with Gasteiger partial charge in [-0.1, -0.05) is 24.3 Å². The molecule has 1 aliphatic heterocycles. The number of benzene rings is 1. The van der Waals surface area contributed by atoms with Gasteiger partial charge < -0.3 is 4.74 Å². The maximum Gasteiger partial charge on any atom is 0.410 e. The Morgan fingerprint density at radius 3 is 2.07 bits per heavy atom. The Morgan fingerprint density at radius 1 is 0.964 bits per heavy atom. The first-order chi connectivity index (χ1) is 13.8. The monoisotopic (exact) mass is 370 g/mol. The van der Waals surface area contributed by atoms with Crippen LogP contribution in [0.4, 0.5) is 4.79 Å². The van der Waals surface area contributed by atoms with Crippen LogP contribution in [0.1, 0.15) is 34.2 Å². The molecule has 1 unspecified atom stereocenters. The van der Waals surface area contributed by atoms with Gasteiger partial charge in [-0.05, 0) is 41.0 Å². The van der Waals surface area contributed by atoms with Gasteiger partial charge in [0.15, 0.2) is 0 Å². The lowest BCUT2D eigenvalue weighted by atomic mass is 9.82. The first-order valence-electron chi connectivity index (χ1n) is 9.01. The number of rotatable bonds is 5. The van der Waals surface area contributed by atoms with E-state index in [2.05, 4.69) is 16.0 Å². The van der Waals surface area contributed by atoms with E-state index in [-0.39, 0.29) is 18.1 Å². The van der Waals surface area contributed by atoms with Crippen molar-refractivity contribution in [1.29, 1.82) is 5.26 Å². The molecule has 6 heteroatoms.